The molecule has 0 atom stereocenters. The zero-order valence-electron chi connectivity index (χ0n) is 11.9. The molecule has 2 fully saturated rings. The van der Waals surface area contributed by atoms with E-state index in [2.05, 4.69) is 33.9 Å². The summed E-state index contributed by atoms with van der Waals surface area (Å²) in [5.41, 5.74) is 0.679. The smallest absolute Gasteiger partial charge is 0.0354 e. The minimum absolute atomic E-state index is 0.679. The maximum absolute atomic E-state index is 3.00. The highest BCUT2D eigenvalue weighted by molar-refractivity contribution is 4.72. The standard InChI is InChI=1S/C8H16.C6H12.C2H4/c1-8(2)6-4-3-5-7-8;1-6-4-2-3-5-6;1-2/h3-7H2,1-2H3;6H,2-5H2,1H3;1-2H2. The molecule has 0 nitrogen and oxygen atoms in total. The molecular formula is C16H32. The zero-order valence-corrected chi connectivity index (χ0v) is 11.9. The van der Waals surface area contributed by atoms with Gasteiger partial charge in [-0.1, -0.05) is 65.7 Å². The van der Waals surface area contributed by atoms with Crippen LogP contribution in [0.5, 0.6) is 0 Å². The Bertz CT molecular complexity index is 143. The lowest BCUT2D eigenvalue weighted by molar-refractivity contribution is 0.244. The lowest BCUT2D eigenvalue weighted by atomic mass is 9.78. The Hall–Kier alpha value is -0.260. The van der Waals surface area contributed by atoms with Crippen LogP contribution in [-0.2, 0) is 0 Å². The first-order valence-corrected chi connectivity index (χ1v) is 7.10. The van der Waals surface area contributed by atoms with Gasteiger partial charge in [0.2, 0.25) is 0 Å². The Morgan fingerprint density at radius 3 is 1.44 bits per heavy atom. The summed E-state index contributed by atoms with van der Waals surface area (Å²) in [5, 5.41) is 0. The minimum atomic E-state index is 0.679. The van der Waals surface area contributed by atoms with Gasteiger partial charge in [-0.15, -0.1) is 13.2 Å². The average molecular weight is 224 g/mol. The van der Waals surface area contributed by atoms with Crippen molar-refractivity contribution in [2.24, 2.45) is 11.3 Å². The summed E-state index contributed by atoms with van der Waals surface area (Å²) >= 11 is 0. The van der Waals surface area contributed by atoms with Crippen LogP contribution < -0.4 is 0 Å². The van der Waals surface area contributed by atoms with Crippen LogP contribution in [0.1, 0.15) is 78.6 Å². The second-order valence-electron chi connectivity index (χ2n) is 6.11. The van der Waals surface area contributed by atoms with E-state index in [1.54, 1.807) is 0 Å². The van der Waals surface area contributed by atoms with Gasteiger partial charge in [-0.3, -0.25) is 0 Å². The molecule has 0 unspecified atom stereocenters. The predicted molar refractivity (Wildman–Crippen MR) is 75.8 cm³/mol. The summed E-state index contributed by atoms with van der Waals surface area (Å²) in [6.45, 7) is 13.1. The van der Waals surface area contributed by atoms with Gasteiger partial charge < -0.3 is 0 Å². The van der Waals surface area contributed by atoms with Crippen LogP contribution in [-0.4, -0.2) is 0 Å². The lowest BCUT2D eigenvalue weighted by Gasteiger charge is -2.28. The average Bonchev–Trinajstić information content (AvgIpc) is 2.73. The van der Waals surface area contributed by atoms with Gasteiger partial charge in [-0.05, 0) is 24.2 Å². The molecule has 2 rings (SSSR count). The Morgan fingerprint density at radius 2 is 1.25 bits per heavy atom. The first kappa shape index (κ1) is 15.7. The molecule has 2 aliphatic rings. The summed E-state index contributed by atoms with van der Waals surface area (Å²) in [4.78, 5) is 0. The van der Waals surface area contributed by atoms with Crippen LogP contribution in [0.3, 0.4) is 0 Å². The van der Waals surface area contributed by atoms with Crippen molar-refractivity contribution in [1.82, 2.24) is 0 Å². The van der Waals surface area contributed by atoms with Crippen molar-refractivity contribution in [1.29, 1.82) is 0 Å². The van der Waals surface area contributed by atoms with Crippen molar-refractivity contribution in [3.05, 3.63) is 13.2 Å². The number of rotatable bonds is 0. The van der Waals surface area contributed by atoms with Crippen molar-refractivity contribution in [2.75, 3.05) is 0 Å². The highest BCUT2D eigenvalue weighted by Crippen LogP contribution is 2.34. The minimum Gasteiger partial charge on any atom is -0.106 e. The third-order valence-corrected chi connectivity index (χ3v) is 3.85. The third-order valence-electron chi connectivity index (χ3n) is 3.85. The maximum atomic E-state index is 3.00. The fourth-order valence-electron chi connectivity index (χ4n) is 2.64. The Morgan fingerprint density at radius 1 is 0.812 bits per heavy atom. The van der Waals surface area contributed by atoms with E-state index in [1.807, 2.05) is 0 Å². The molecule has 0 N–H and O–H groups in total. The molecule has 0 amide bonds. The maximum Gasteiger partial charge on any atom is -0.0354 e. The highest BCUT2D eigenvalue weighted by atomic mass is 14.3. The van der Waals surface area contributed by atoms with E-state index < -0.39 is 0 Å². The van der Waals surface area contributed by atoms with Crippen molar-refractivity contribution in [2.45, 2.75) is 78.6 Å². The van der Waals surface area contributed by atoms with Gasteiger partial charge in [0.25, 0.3) is 0 Å². The second kappa shape index (κ2) is 8.84. The van der Waals surface area contributed by atoms with Crippen molar-refractivity contribution in [3.8, 4) is 0 Å². The zero-order chi connectivity index (χ0) is 12.4. The van der Waals surface area contributed by atoms with Crippen LogP contribution in [0, 0.1) is 11.3 Å². The Labute approximate surface area is 104 Å². The Kier molecular flexibility index (Phi) is 8.70. The third kappa shape index (κ3) is 7.96. The van der Waals surface area contributed by atoms with Crippen molar-refractivity contribution >= 4 is 0 Å². The van der Waals surface area contributed by atoms with Crippen molar-refractivity contribution in [3.63, 3.8) is 0 Å². The van der Waals surface area contributed by atoms with E-state index in [1.165, 1.54) is 57.8 Å². The molecule has 0 heteroatoms. The molecule has 2 aliphatic carbocycles. The van der Waals surface area contributed by atoms with Gasteiger partial charge in [0.15, 0.2) is 0 Å². The van der Waals surface area contributed by atoms with Crippen LogP contribution in [0.2, 0.25) is 0 Å². The highest BCUT2D eigenvalue weighted by Gasteiger charge is 2.19. The molecule has 0 aromatic carbocycles. The SMILES string of the molecule is C=C.CC1(C)CCCCC1.CC1CCCC1. The van der Waals surface area contributed by atoms with Gasteiger partial charge >= 0.3 is 0 Å². The summed E-state index contributed by atoms with van der Waals surface area (Å²) in [5.74, 6) is 1.05. The molecule has 0 heterocycles. The topological polar surface area (TPSA) is 0 Å². The van der Waals surface area contributed by atoms with Gasteiger partial charge in [-0.25, -0.2) is 0 Å². The van der Waals surface area contributed by atoms with Crippen LogP contribution in [0.15, 0.2) is 13.2 Å². The van der Waals surface area contributed by atoms with Gasteiger partial charge in [0.1, 0.15) is 0 Å². The fraction of sp³-hybridized carbons (Fsp3) is 0.875. The van der Waals surface area contributed by atoms with Crippen LogP contribution in [0.4, 0.5) is 0 Å². The first-order chi connectivity index (χ1) is 7.60. The molecule has 0 saturated heterocycles. The van der Waals surface area contributed by atoms with E-state index in [0.717, 1.165) is 5.92 Å². The molecule has 96 valence electrons. The van der Waals surface area contributed by atoms with Crippen LogP contribution >= 0.6 is 0 Å². The molecule has 0 radical (unpaired) electrons. The summed E-state index contributed by atoms with van der Waals surface area (Å²) < 4.78 is 0. The van der Waals surface area contributed by atoms with Gasteiger partial charge in [0.05, 0.1) is 0 Å². The molecule has 0 bridgehead atoms. The molecular weight excluding hydrogens is 192 g/mol. The quantitative estimate of drug-likeness (QED) is 0.444. The lowest BCUT2D eigenvalue weighted by Crippen LogP contribution is -2.14. The van der Waals surface area contributed by atoms with E-state index in [9.17, 15) is 0 Å². The largest absolute Gasteiger partial charge is 0.106 e. The monoisotopic (exact) mass is 224 g/mol. The van der Waals surface area contributed by atoms with Gasteiger partial charge in [0, 0.05) is 0 Å². The van der Waals surface area contributed by atoms with Crippen LogP contribution in [0.25, 0.3) is 0 Å². The molecule has 0 aromatic rings. The molecule has 0 aliphatic heterocycles. The van der Waals surface area contributed by atoms with E-state index in [4.69, 9.17) is 0 Å². The van der Waals surface area contributed by atoms with E-state index in [0.29, 0.717) is 5.41 Å². The molecule has 0 spiro atoms. The van der Waals surface area contributed by atoms with E-state index >= 15 is 0 Å². The molecule has 0 aromatic heterocycles. The van der Waals surface area contributed by atoms with Gasteiger partial charge in [-0.2, -0.15) is 0 Å². The number of hydrogen-bond acceptors (Lipinski definition) is 0. The number of hydrogen-bond donors (Lipinski definition) is 0. The van der Waals surface area contributed by atoms with E-state index in [-0.39, 0.29) is 0 Å². The Balaban J connectivity index is 0.000000251. The predicted octanol–water partition coefficient (Wildman–Crippen LogP) is 5.98. The fourth-order valence-corrected chi connectivity index (χ4v) is 2.64. The normalized spacial score (nSPS) is 23.7. The molecule has 16 heavy (non-hydrogen) atoms. The molecule has 2 saturated carbocycles. The summed E-state index contributed by atoms with van der Waals surface area (Å²) in [6, 6.07) is 0. The summed E-state index contributed by atoms with van der Waals surface area (Å²) in [7, 11) is 0. The summed E-state index contributed by atoms with van der Waals surface area (Å²) in [6.07, 6.45) is 13.3. The first-order valence-electron chi connectivity index (χ1n) is 7.10. The van der Waals surface area contributed by atoms with Crippen molar-refractivity contribution < 1.29 is 0 Å². The second-order valence-corrected chi connectivity index (χ2v) is 6.11.